The van der Waals surface area contributed by atoms with Crippen molar-refractivity contribution in [2.24, 2.45) is 0 Å². The Labute approximate surface area is 174 Å². The Morgan fingerprint density at radius 3 is 2.71 bits per heavy atom. The zero-order valence-corrected chi connectivity index (χ0v) is 18.4. The van der Waals surface area contributed by atoms with Crippen LogP contribution in [0.5, 0.6) is 0 Å². The van der Waals surface area contributed by atoms with Crippen LogP contribution in [0.25, 0.3) is 5.57 Å². The maximum absolute atomic E-state index is 10.0. The maximum atomic E-state index is 10.0. The highest BCUT2D eigenvalue weighted by Crippen LogP contribution is 2.35. The number of H-pyrrole nitrogens is 1. The fourth-order valence-corrected chi connectivity index (χ4v) is 3.86. The Balaban J connectivity index is 0.000000878. The summed E-state index contributed by atoms with van der Waals surface area (Å²) < 4.78 is 2.77. The summed E-state index contributed by atoms with van der Waals surface area (Å²) in [6.45, 7) is 8.18. The van der Waals surface area contributed by atoms with Gasteiger partial charge in [-0.05, 0) is 62.0 Å². The number of aliphatic hydroxyl groups excluding tert-OH is 1. The molecule has 152 valence electrons. The van der Waals surface area contributed by atoms with Crippen LogP contribution in [-0.2, 0) is 6.42 Å². The number of aryl methyl sites for hydroxylation is 1. The molecule has 1 aliphatic rings. The molecule has 1 aliphatic carbocycles. The predicted molar refractivity (Wildman–Crippen MR) is 120 cm³/mol. The fourth-order valence-electron chi connectivity index (χ4n) is 3.60. The Morgan fingerprint density at radius 1 is 1.32 bits per heavy atom. The molecule has 5 heteroatoms. The lowest BCUT2D eigenvalue weighted by atomic mass is 9.87. The first-order valence-electron chi connectivity index (χ1n) is 10.3. The summed E-state index contributed by atoms with van der Waals surface area (Å²) in [6.07, 6.45) is 9.75. The monoisotopic (exact) mass is 399 g/mol. The third-order valence-corrected chi connectivity index (χ3v) is 5.08. The molecule has 0 spiro atoms. The van der Waals surface area contributed by atoms with E-state index in [1.54, 1.807) is 6.08 Å². The summed E-state index contributed by atoms with van der Waals surface area (Å²) in [4.78, 5) is 0. The molecule has 0 radical (unpaired) electrons. The number of aromatic nitrogens is 3. The SMILES string of the molecule is C/C=C(/O)C/C(=C\CC)c1n[nH]c(=S)n1C1CCCc2ccccc21.CCC. The molecule has 0 fully saturated rings. The lowest BCUT2D eigenvalue weighted by Crippen LogP contribution is -2.19. The van der Waals surface area contributed by atoms with E-state index in [0.717, 1.165) is 37.1 Å². The minimum absolute atomic E-state index is 0.194. The lowest BCUT2D eigenvalue weighted by Gasteiger charge is -2.27. The number of hydrogen-bond donors (Lipinski definition) is 2. The molecule has 2 N–H and O–H groups in total. The van der Waals surface area contributed by atoms with Gasteiger partial charge in [0.25, 0.3) is 0 Å². The first-order valence-corrected chi connectivity index (χ1v) is 10.8. The van der Waals surface area contributed by atoms with Crippen molar-refractivity contribution in [3.8, 4) is 0 Å². The van der Waals surface area contributed by atoms with E-state index in [2.05, 4.69) is 65.9 Å². The normalized spacial score (nSPS) is 16.9. The topological polar surface area (TPSA) is 53.8 Å². The van der Waals surface area contributed by atoms with E-state index >= 15 is 0 Å². The van der Waals surface area contributed by atoms with Gasteiger partial charge in [0.1, 0.15) is 0 Å². The number of benzene rings is 1. The zero-order chi connectivity index (χ0) is 20.5. The summed E-state index contributed by atoms with van der Waals surface area (Å²) in [7, 11) is 0. The number of nitrogens with zero attached hydrogens (tertiary/aromatic N) is 2. The molecular formula is C23H33N3OS. The van der Waals surface area contributed by atoms with Crippen molar-refractivity contribution in [3.05, 3.63) is 63.9 Å². The van der Waals surface area contributed by atoms with E-state index in [1.165, 1.54) is 17.5 Å². The van der Waals surface area contributed by atoms with E-state index in [9.17, 15) is 5.11 Å². The van der Waals surface area contributed by atoms with Crippen LogP contribution in [0.1, 0.15) is 82.8 Å². The van der Waals surface area contributed by atoms with Gasteiger partial charge >= 0.3 is 0 Å². The number of hydrogen-bond acceptors (Lipinski definition) is 3. The quantitative estimate of drug-likeness (QED) is 0.423. The Morgan fingerprint density at radius 2 is 2.04 bits per heavy atom. The van der Waals surface area contributed by atoms with Crippen LogP contribution in [0.3, 0.4) is 0 Å². The summed E-state index contributed by atoms with van der Waals surface area (Å²) in [5, 5.41) is 17.5. The third kappa shape index (κ3) is 5.22. The number of aliphatic hydroxyl groups is 1. The molecule has 0 saturated heterocycles. The van der Waals surface area contributed by atoms with Gasteiger partial charge in [0, 0.05) is 12.0 Å². The molecule has 1 aromatic carbocycles. The van der Waals surface area contributed by atoms with Crippen LogP contribution >= 0.6 is 12.2 Å². The molecule has 0 bridgehead atoms. The molecule has 0 aliphatic heterocycles. The molecule has 4 nitrogen and oxygen atoms in total. The van der Waals surface area contributed by atoms with Crippen LogP contribution < -0.4 is 0 Å². The Kier molecular flexibility index (Phi) is 8.71. The lowest BCUT2D eigenvalue weighted by molar-refractivity contribution is 0.401. The summed E-state index contributed by atoms with van der Waals surface area (Å²) in [5.41, 5.74) is 3.73. The van der Waals surface area contributed by atoms with Gasteiger partial charge in [0.05, 0.1) is 11.8 Å². The Hall–Kier alpha value is -2.14. The average molecular weight is 400 g/mol. The second-order valence-electron chi connectivity index (χ2n) is 7.13. The standard InChI is InChI=1S/C20H25N3OS.C3H8/c1-3-8-15(13-16(24)4-2)19-21-22-20(25)23(19)18-12-7-10-14-9-5-6-11-17(14)18;1-3-2/h4-6,8-9,11,18,24H,3,7,10,12-13H2,1-2H3,(H,22,25);3H2,1-2H3/b15-8+,16-4+;. The summed E-state index contributed by atoms with van der Waals surface area (Å²) >= 11 is 5.57. The second kappa shape index (κ2) is 11.0. The van der Waals surface area contributed by atoms with Gasteiger partial charge in [-0.3, -0.25) is 9.67 Å². The number of rotatable bonds is 5. The van der Waals surface area contributed by atoms with Gasteiger partial charge < -0.3 is 5.11 Å². The minimum Gasteiger partial charge on any atom is -0.512 e. The molecule has 1 atom stereocenters. The van der Waals surface area contributed by atoms with Gasteiger partial charge in [-0.1, -0.05) is 57.5 Å². The van der Waals surface area contributed by atoms with Gasteiger partial charge in [-0.15, -0.1) is 0 Å². The van der Waals surface area contributed by atoms with Gasteiger partial charge in [-0.2, -0.15) is 5.10 Å². The molecule has 28 heavy (non-hydrogen) atoms. The molecule has 1 aromatic heterocycles. The van der Waals surface area contributed by atoms with Crippen molar-refractivity contribution in [1.82, 2.24) is 14.8 Å². The van der Waals surface area contributed by atoms with E-state index in [-0.39, 0.29) is 6.04 Å². The number of nitrogens with one attached hydrogen (secondary N) is 1. The van der Waals surface area contributed by atoms with Gasteiger partial charge in [-0.25, -0.2) is 0 Å². The molecule has 1 heterocycles. The largest absolute Gasteiger partial charge is 0.512 e. The first kappa shape index (κ1) is 22.2. The smallest absolute Gasteiger partial charge is 0.196 e. The fraction of sp³-hybridized carbons (Fsp3) is 0.478. The van der Waals surface area contributed by atoms with Crippen molar-refractivity contribution < 1.29 is 5.11 Å². The molecule has 2 aromatic rings. The maximum Gasteiger partial charge on any atom is 0.196 e. The highest BCUT2D eigenvalue weighted by molar-refractivity contribution is 7.71. The van der Waals surface area contributed by atoms with Gasteiger partial charge in [0.15, 0.2) is 10.6 Å². The van der Waals surface area contributed by atoms with E-state index < -0.39 is 0 Å². The highest BCUT2D eigenvalue weighted by Gasteiger charge is 2.25. The second-order valence-corrected chi connectivity index (χ2v) is 7.52. The molecule has 1 unspecified atom stereocenters. The third-order valence-electron chi connectivity index (χ3n) is 4.80. The van der Waals surface area contributed by atoms with Crippen molar-refractivity contribution >= 4 is 17.8 Å². The number of aromatic amines is 1. The van der Waals surface area contributed by atoms with Crippen LogP contribution in [0.15, 0.2) is 42.2 Å². The van der Waals surface area contributed by atoms with Crippen LogP contribution in [0.2, 0.25) is 0 Å². The van der Waals surface area contributed by atoms with Gasteiger partial charge in [0.2, 0.25) is 0 Å². The molecule has 0 amide bonds. The van der Waals surface area contributed by atoms with Crippen molar-refractivity contribution in [1.29, 1.82) is 0 Å². The van der Waals surface area contributed by atoms with Crippen LogP contribution in [0, 0.1) is 4.77 Å². The number of allylic oxidation sites excluding steroid dienone is 3. The minimum atomic E-state index is 0.194. The Bertz CT molecular complexity index is 876. The van der Waals surface area contributed by atoms with E-state index in [0.29, 0.717) is 17.0 Å². The van der Waals surface area contributed by atoms with Crippen LogP contribution in [0.4, 0.5) is 0 Å². The van der Waals surface area contributed by atoms with Crippen molar-refractivity contribution in [2.75, 3.05) is 0 Å². The zero-order valence-electron chi connectivity index (χ0n) is 17.5. The predicted octanol–water partition coefficient (Wildman–Crippen LogP) is 6.93. The van der Waals surface area contributed by atoms with Crippen LogP contribution in [-0.4, -0.2) is 19.9 Å². The van der Waals surface area contributed by atoms with E-state index in [4.69, 9.17) is 12.2 Å². The summed E-state index contributed by atoms with van der Waals surface area (Å²) in [5.74, 6) is 1.19. The summed E-state index contributed by atoms with van der Waals surface area (Å²) in [6, 6.07) is 8.79. The van der Waals surface area contributed by atoms with E-state index in [1.807, 2.05) is 6.92 Å². The molecule has 0 saturated carbocycles. The average Bonchev–Trinajstić information content (AvgIpc) is 3.09. The first-order chi connectivity index (χ1) is 13.6. The highest BCUT2D eigenvalue weighted by atomic mass is 32.1. The molecule has 3 rings (SSSR count). The van der Waals surface area contributed by atoms with Crippen molar-refractivity contribution in [3.63, 3.8) is 0 Å². The number of fused-ring (bicyclic) bond motifs is 1. The molecular weight excluding hydrogens is 366 g/mol. The van der Waals surface area contributed by atoms with Crippen molar-refractivity contribution in [2.45, 2.75) is 72.3 Å².